The first kappa shape index (κ1) is 13.6. The highest BCUT2D eigenvalue weighted by Gasteiger charge is 2.27. The lowest BCUT2D eigenvalue weighted by atomic mass is 10.4. The number of primary amides is 1. The van der Waals surface area contributed by atoms with Crippen molar-refractivity contribution < 1.29 is 9.36 Å². The molecular formula is C15H16NO2P. The Morgan fingerprint density at radius 2 is 1.32 bits per heavy atom. The van der Waals surface area contributed by atoms with Crippen LogP contribution in [0.3, 0.4) is 0 Å². The van der Waals surface area contributed by atoms with Gasteiger partial charge in [0, 0.05) is 23.2 Å². The third kappa shape index (κ3) is 3.12. The molecule has 2 rings (SSSR count). The van der Waals surface area contributed by atoms with Crippen molar-refractivity contribution in [3.63, 3.8) is 0 Å². The number of rotatable bonds is 5. The van der Waals surface area contributed by atoms with Gasteiger partial charge in [-0.25, -0.2) is 0 Å². The molecule has 3 nitrogen and oxygen atoms in total. The summed E-state index contributed by atoms with van der Waals surface area (Å²) in [7, 11) is -2.78. The van der Waals surface area contributed by atoms with Crippen molar-refractivity contribution in [2.45, 2.75) is 6.42 Å². The first-order valence-electron chi connectivity index (χ1n) is 6.11. The number of benzene rings is 2. The summed E-state index contributed by atoms with van der Waals surface area (Å²) < 4.78 is 13.3. The summed E-state index contributed by atoms with van der Waals surface area (Å²) in [5.74, 6) is -0.424. The van der Waals surface area contributed by atoms with E-state index in [4.69, 9.17) is 5.73 Å². The monoisotopic (exact) mass is 273 g/mol. The SMILES string of the molecule is NC(=O)CCP(=O)(c1ccccc1)c1ccccc1. The van der Waals surface area contributed by atoms with Crippen LogP contribution in [0.25, 0.3) is 0 Å². The summed E-state index contributed by atoms with van der Waals surface area (Å²) in [5, 5.41) is 1.53. The number of hydrogen-bond acceptors (Lipinski definition) is 2. The minimum Gasteiger partial charge on any atom is -0.370 e. The average molecular weight is 273 g/mol. The first-order chi connectivity index (χ1) is 9.13. The summed E-state index contributed by atoms with van der Waals surface area (Å²) in [6, 6.07) is 18.6. The molecule has 0 fully saturated rings. The van der Waals surface area contributed by atoms with Crippen molar-refractivity contribution in [2.24, 2.45) is 5.73 Å². The zero-order valence-electron chi connectivity index (χ0n) is 10.5. The Labute approximate surface area is 112 Å². The molecule has 0 saturated heterocycles. The fourth-order valence-electron chi connectivity index (χ4n) is 2.01. The van der Waals surface area contributed by atoms with E-state index in [-0.39, 0.29) is 12.6 Å². The van der Waals surface area contributed by atoms with Crippen LogP contribution >= 0.6 is 7.14 Å². The first-order valence-corrected chi connectivity index (χ1v) is 8.01. The summed E-state index contributed by atoms with van der Waals surface area (Å²) >= 11 is 0. The lowest BCUT2D eigenvalue weighted by molar-refractivity contribution is -0.117. The maximum absolute atomic E-state index is 13.3. The second-order valence-corrected chi connectivity index (χ2v) is 7.31. The molecule has 0 heterocycles. The van der Waals surface area contributed by atoms with Gasteiger partial charge >= 0.3 is 0 Å². The molecule has 0 unspecified atom stereocenters. The fourth-order valence-corrected chi connectivity index (χ4v) is 4.67. The van der Waals surface area contributed by atoms with Crippen LogP contribution in [0.1, 0.15) is 6.42 Å². The molecule has 2 N–H and O–H groups in total. The van der Waals surface area contributed by atoms with Gasteiger partial charge in [-0.1, -0.05) is 60.7 Å². The van der Waals surface area contributed by atoms with Gasteiger partial charge in [-0.2, -0.15) is 0 Å². The van der Waals surface area contributed by atoms with Crippen LogP contribution in [-0.2, 0) is 9.36 Å². The zero-order chi connectivity index (χ0) is 13.7. The molecule has 0 aliphatic carbocycles. The molecule has 0 radical (unpaired) electrons. The summed E-state index contributed by atoms with van der Waals surface area (Å²) in [6.07, 6.45) is 0.400. The molecule has 0 bridgehead atoms. The highest BCUT2D eigenvalue weighted by atomic mass is 31.2. The van der Waals surface area contributed by atoms with Crippen LogP contribution in [0.5, 0.6) is 0 Å². The average Bonchev–Trinajstić information content (AvgIpc) is 2.46. The second kappa shape index (κ2) is 5.85. The van der Waals surface area contributed by atoms with Crippen molar-refractivity contribution >= 4 is 23.7 Å². The molecule has 0 spiro atoms. The Balaban J connectivity index is 2.45. The van der Waals surface area contributed by atoms with Crippen LogP contribution in [0.15, 0.2) is 60.7 Å². The standard InChI is InChI=1S/C15H16NO2P/c16-15(17)11-12-19(18,13-7-3-1-4-8-13)14-9-5-2-6-10-14/h1-10H,11-12H2,(H2,16,17). The molecule has 2 aromatic carbocycles. The van der Waals surface area contributed by atoms with Crippen molar-refractivity contribution in [2.75, 3.05) is 6.16 Å². The van der Waals surface area contributed by atoms with Gasteiger partial charge in [-0.15, -0.1) is 0 Å². The van der Waals surface area contributed by atoms with Crippen LogP contribution in [0.4, 0.5) is 0 Å². The maximum Gasteiger partial charge on any atom is 0.217 e. The molecule has 0 saturated carbocycles. The minimum atomic E-state index is -2.78. The van der Waals surface area contributed by atoms with Gasteiger partial charge in [-0.3, -0.25) is 4.79 Å². The zero-order valence-corrected chi connectivity index (χ0v) is 11.4. The number of hydrogen-bond donors (Lipinski definition) is 1. The minimum absolute atomic E-state index is 0.126. The van der Waals surface area contributed by atoms with Gasteiger partial charge in [0.25, 0.3) is 0 Å². The van der Waals surface area contributed by atoms with Crippen LogP contribution in [-0.4, -0.2) is 12.1 Å². The predicted octanol–water partition coefficient (Wildman–Crippen LogP) is 1.88. The molecule has 4 heteroatoms. The third-order valence-electron chi connectivity index (χ3n) is 3.02. The highest BCUT2D eigenvalue weighted by Crippen LogP contribution is 2.43. The molecule has 2 aromatic rings. The number of carbonyl (C=O) groups is 1. The summed E-state index contributed by atoms with van der Waals surface area (Å²) in [4.78, 5) is 11.0. The molecule has 19 heavy (non-hydrogen) atoms. The van der Waals surface area contributed by atoms with Gasteiger partial charge in [0.15, 0.2) is 0 Å². The Hall–Kier alpha value is -1.86. The van der Waals surface area contributed by atoms with Crippen molar-refractivity contribution in [3.05, 3.63) is 60.7 Å². The molecular weight excluding hydrogens is 257 g/mol. The number of carbonyl (C=O) groups excluding carboxylic acids is 1. The summed E-state index contributed by atoms with van der Waals surface area (Å²) in [6.45, 7) is 0. The van der Waals surface area contributed by atoms with Gasteiger partial charge in [0.2, 0.25) is 5.91 Å². The second-order valence-electron chi connectivity index (χ2n) is 4.35. The van der Waals surface area contributed by atoms with Gasteiger partial charge in [0.05, 0.1) is 0 Å². The molecule has 1 amide bonds. The molecule has 98 valence electrons. The number of nitrogens with two attached hydrogens (primary N) is 1. The van der Waals surface area contributed by atoms with Crippen molar-refractivity contribution in [1.29, 1.82) is 0 Å². The third-order valence-corrected chi connectivity index (χ3v) is 6.14. The molecule has 0 atom stereocenters. The van der Waals surface area contributed by atoms with E-state index < -0.39 is 13.0 Å². The topological polar surface area (TPSA) is 60.2 Å². The maximum atomic E-state index is 13.3. The van der Waals surface area contributed by atoms with Crippen LogP contribution < -0.4 is 16.3 Å². The van der Waals surface area contributed by atoms with E-state index in [1.54, 1.807) is 0 Å². The Kier molecular flexibility index (Phi) is 4.18. The quantitative estimate of drug-likeness (QED) is 0.845. The Morgan fingerprint density at radius 1 is 0.895 bits per heavy atom. The van der Waals surface area contributed by atoms with E-state index >= 15 is 0 Å². The largest absolute Gasteiger partial charge is 0.370 e. The predicted molar refractivity (Wildman–Crippen MR) is 78.4 cm³/mol. The van der Waals surface area contributed by atoms with E-state index in [1.165, 1.54) is 0 Å². The van der Waals surface area contributed by atoms with E-state index in [1.807, 2.05) is 60.7 Å². The normalized spacial score (nSPS) is 11.2. The number of amides is 1. The fraction of sp³-hybridized carbons (Fsp3) is 0.133. The lowest BCUT2D eigenvalue weighted by Gasteiger charge is -2.18. The van der Waals surface area contributed by atoms with Crippen molar-refractivity contribution in [3.8, 4) is 0 Å². The van der Waals surface area contributed by atoms with Crippen LogP contribution in [0.2, 0.25) is 0 Å². The van der Waals surface area contributed by atoms with Crippen LogP contribution in [0, 0.1) is 0 Å². The molecule has 0 aliphatic heterocycles. The Bertz CT molecular complexity index is 553. The smallest absolute Gasteiger partial charge is 0.217 e. The molecule has 0 aromatic heterocycles. The van der Waals surface area contributed by atoms with E-state index in [2.05, 4.69) is 0 Å². The van der Waals surface area contributed by atoms with Gasteiger partial charge in [-0.05, 0) is 0 Å². The van der Waals surface area contributed by atoms with E-state index in [9.17, 15) is 9.36 Å². The van der Waals surface area contributed by atoms with Gasteiger partial charge in [0.1, 0.15) is 7.14 Å². The van der Waals surface area contributed by atoms with Crippen molar-refractivity contribution in [1.82, 2.24) is 0 Å². The lowest BCUT2D eigenvalue weighted by Crippen LogP contribution is -2.21. The van der Waals surface area contributed by atoms with E-state index in [0.29, 0.717) is 0 Å². The highest BCUT2D eigenvalue weighted by molar-refractivity contribution is 7.78. The Morgan fingerprint density at radius 3 is 1.68 bits per heavy atom. The summed E-state index contributed by atoms with van der Waals surface area (Å²) in [5.41, 5.74) is 5.20. The van der Waals surface area contributed by atoms with E-state index in [0.717, 1.165) is 10.6 Å². The molecule has 0 aliphatic rings. The van der Waals surface area contributed by atoms with Gasteiger partial charge < -0.3 is 10.3 Å².